The Kier molecular flexibility index (Phi) is 5.01. The highest BCUT2D eigenvalue weighted by atomic mass is 16.5. The smallest absolute Gasteiger partial charge is 0.0499 e. The lowest BCUT2D eigenvalue weighted by molar-refractivity contribution is 0.159. The van der Waals surface area contributed by atoms with Crippen molar-refractivity contribution in [2.75, 3.05) is 27.3 Å². The van der Waals surface area contributed by atoms with Crippen LogP contribution in [-0.4, -0.2) is 27.3 Å². The number of methoxy groups -OCH3 is 1. The summed E-state index contributed by atoms with van der Waals surface area (Å²) in [6, 6.07) is 0. The van der Waals surface area contributed by atoms with Gasteiger partial charge in [-0.3, -0.25) is 0 Å². The molecule has 0 fully saturated rings. The van der Waals surface area contributed by atoms with E-state index in [-0.39, 0.29) is 0 Å². The van der Waals surface area contributed by atoms with Gasteiger partial charge < -0.3 is 10.1 Å². The second kappa shape index (κ2) is 5.06. The van der Waals surface area contributed by atoms with Crippen molar-refractivity contribution in [3.63, 3.8) is 0 Å². The maximum atomic E-state index is 4.92. The molecule has 1 N–H and O–H groups in total. The molecule has 0 rings (SSSR count). The molecular formula is C6H15NO. The molecule has 0 amide bonds. The summed E-state index contributed by atoms with van der Waals surface area (Å²) in [6.45, 7) is 4.04. The first-order valence-corrected chi connectivity index (χ1v) is 2.94. The van der Waals surface area contributed by atoms with E-state index in [1.165, 1.54) is 0 Å². The summed E-state index contributed by atoms with van der Waals surface area (Å²) >= 11 is 0. The summed E-state index contributed by atoms with van der Waals surface area (Å²) in [6.07, 6.45) is 0. The highest BCUT2D eigenvalue weighted by Gasteiger charge is 1.96. The Balaban J connectivity index is 2.92. The van der Waals surface area contributed by atoms with Crippen LogP contribution < -0.4 is 5.32 Å². The fourth-order valence-electron chi connectivity index (χ4n) is 0.692. The van der Waals surface area contributed by atoms with E-state index in [1.54, 1.807) is 7.11 Å². The van der Waals surface area contributed by atoms with E-state index < -0.39 is 0 Å². The molecule has 50 valence electrons. The third-order valence-corrected chi connectivity index (χ3v) is 1.00. The minimum Gasteiger partial charge on any atom is -0.384 e. The minimum absolute atomic E-state index is 0.630. The number of hydrogen-bond donors (Lipinski definition) is 1. The molecule has 0 heterocycles. The van der Waals surface area contributed by atoms with Crippen LogP contribution in [0.3, 0.4) is 0 Å². The molecule has 1 atom stereocenters. The Bertz CT molecular complexity index is 41.8. The van der Waals surface area contributed by atoms with Gasteiger partial charge in [-0.2, -0.15) is 0 Å². The van der Waals surface area contributed by atoms with Gasteiger partial charge in [-0.1, -0.05) is 6.92 Å². The van der Waals surface area contributed by atoms with Crippen LogP contribution in [0.1, 0.15) is 6.92 Å². The van der Waals surface area contributed by atoms with E-state index in [0.717, 1.165) is 13.2 Å². The zero-order valence-electron chi connectivity index (χ0n) is 5.90. The van der Waals surface area contributed by atoms with Gasteiger partial charge in [0.05, 0.1) is 0 Å². The van der Waals surface area contributed by atoms with Crippen molar-refractivity contribution in [2.24, 2.45) is 5.92 Å². The summed E-state index contributed by atoms with van der Waals surface area (Å²) in [5, 5.41) is 3.07. The second-order valence-electron chi connectivity index (χ2n) is 2.12. The van der Waals surface area contributed by atoms with Crippen molar-refractivity contribution < 1.29 is 4.74 Å². The average molecular weight is 117 g/mol. The summed E-state index contributed by atoms with van der Waals surface area (Å²) in [4.78, 5) is 0. The zero-order chi connectivity index (χ0) is 6.41. The zero-order valence-corrected chi connectivity index (χ0v) is 5.90. The van der Waals surface area contributed by atoms with Crippen LogP contribution in [0.4, 0.5) is 0 Å². The first kappa shape index (κ1) is 7.92. The van der Waals surface area contributed by atoms with Crippen LogP contribution in [0.5, 0.6) is 0 Å². The maximum absolute atomic E-state index is 4.92. The molecule has 8 heavy (non-hydrogen) atoms. The molecular weight excluding hydrogens is 102 g/mol. The topological polar surface area (TPSA) is 21.3 Å². The summed E-state index contributed by atoms with van der Waals surface area (Å²) in [5.41, 5.74) is 0. The Morgan fingerprint density at radius 3 is 2.62 bits per heavy atom. The molecule has 0 saturated heterocycles. The van der Waals surface area contributed by atoms with Gasteiger partial charge in [-0.25, -0.2) is 0 Å². The van der Waals surface area contributed by atoms with Gasteiger partial charge >= 0.3 is 0 Å². The second-order valence-corrected chi connectivity index (χ2v) is 2.12. The Hall–Kier alpha value is -0.0800. The summed E-state index contributed by atoms with van der Waals surface area (Å²) in [7, 11) is 3.68. The van der Waals surface area contributed by atoms with Gasteiger partial charge in [0, 0.05) is 13.7 Å². The van der Waals surface area contributed by atoms with E-state index in [1.807, 2.05) is 7.05 Å². The molecule has 0 aliphatic heterocycles. The fraction of sp³-hybridized carbons (Fsp3) is 1.00. The molecule has 0 aromatic rings. The maximum Gasteiger partial charge on any atom is 0.0499 e. The Labute approximate surface area is 51.2 Å². The molecule has 0 aromatic heterocycles. The van der Waals surface area contributed by atoms with Crippen molar-refractivity contribution in [2.45, 2.75) is 6.92 Å². The SMILES string of the molecule is CNC[C@H](C)COC. The van der Waals surface area contributed by atoms with E-state index in [0.29, 0.717) is 5.92 Å². The van der Waals surface area contributed by atoms with Crippen LogP contribution in [-0.2, 0) is 4.74 Å². The van der Waals surface area contributed by atoms with Crippen LogP contribution in [0.2, 0.25) is 0 Å². The van der Waals surface area contributed by atoms with Crippen molar-refractivity contribution in [1.29, 1.82) is 0 Å². The molecule has 0 unspecified atom stereocenters. The van der Waals surface area contributed by atoms with Crippen LogP contribution in [0.15, 0.2) is 0 Å². The molecule has 0 aliphatic carbocycles. The van der Waals surface area contributed by atoms with E-state index >= 15 is 0 Å². The molecule has 2 heteroatoms. The first-order valence-electron chi connectivity index (χ1n) is 2.94. The third kappa shape index (κ3) is 4.09. The highest BCUT2D eigenvalue weighted by molar-refractivity contribution is 4.50. The van der Waals surface area contributed by atoms with Crippen LogP contribution >= 0.6 is 0 Å². The molecule has 0 spiro atoms. The lowest BCUT2D eigenvalue weighted by Crippen LogP contribution is -2.19. The minimum atomic E-state index is 0.630. The monoisotopic (exact) mass is 117 g/mol. The summed E-state index contributed by atoms with van der Waals surface area (Å²) in [5.74, 6) is 0.630. The van der Waals surface area contributed by atoms with E-state index in [2.05, 4.69) is 12.2 Å². The van der Waals surface area contributed by atoms with Crippen molar-refractivity contribution in [3.8, 4) is 0 Å². The van der Waals surface area contributed by atoms with E-state index in [4.69, 9.17) is 4.74 Å². The van der Waals surface area contributed by atoms with E-state index in [9.17, 15) is 0 Å². The lowest BCUT2D eigenvalue weighted by atomic mass is 10.2. The number of rotatable bonds is 4. The first-order chi connectivity index (χ1) is 3.81. The van der Waals surface area contributed by atoms with Gasteiger partial charge in [0.2, 0.25) is 0 Å². The van der Waals surface area contributed by atoms with Crippen LogP contribution in [0, 0.1) is 5.92 Å². The number of hydrogen-bond acceptors (Lipinski definition) is 2. The molecule has 0 radical (unpaired) electrons. The lowest BCUT2D eigenvalue weighted by Gasteiger charge is -2.07. The van der Waals surface area contributed by atoms with Gasteiger partial charge in [0.15, 0.2) is 0 Å². The number of nitrogens with one attached hydrogen (secondary N) is 1. The third-order valence-electron chi connectivity index (χ3n) is 1.00. The van der Waals surface area contributed by atoms with Crippen LogP contribution in [0.25, 0.3) is 0 Å². The molecule has 0 saturated carbocycles. The molecule has 0 aromatic carbocycles. The average Bonchev–Trinajstić information content (AvgIpc) is 1.68. The molecule has 2 nitrogen and oxygen atoms in total. The number of ether oxygens (including phenoxy) is 1. The van der Waals surface area contributed by atoms with Crippen molar-refractivity contribution in [1.82, 2.24) is 5.32 Å². The predicted octanol–water partition coefficient (Wildman–Crippen LogP) is 0.488. The Morgan fingerprint density at radius 2 is 2.25 bits per heavy atom. The molecule has 0 bridgehead atoms. The largest absolute Gasteiger partial charge is 0.384 e. The highest BCUT2D eigenvalue weighted by Crippen LogP contribution is 1.89. The summed E-state index contributed by atoms with van der Waals surface area (Å²) < 4.78 is 4.92. The Morgan fingerprint density at radius 1 is 1.62 bits per heavy atom. The fourth-order valence-corrected chi connectivity index (χ4v) is 0.692. The standard InChI is InChI=1S/C6H15NO/c1-6(4-7-2)5-8-3/h6-7H,4-5H2,1-3H3/t6-/m0/s1. The van der Waals surface area contributed by atoms with Gasteiger partial charge in [-0.15, -0.1) is 0 Å². The van der Waals surface area contributed by atoms with Gasteiger partial charge in [0.25, 0.3) is 0 Å². The predicted molar refractivity (Wildman–Crippen MR) is 35.0 cm³/mol. The van der Waals surface area contributed by atoms with Crippen molar-refractivity contribution in [3.05, 3.63) is 0 Å². The van der Waals surface area contributed by atoms with Gasteiger partial charge in [0.1, 0.15) is 0 Å². The molecule has 0 aliphatic rings. The quantitative estimate of drug-likeness (QED) is 0.578. The normalized spacial score (nSPS) is 13.9. The van der Waals surface area contributed by atoms with Crippen molar-refractivity contribution >= 4 is 0 Å². The van der Waals surface area contributed by atoms with Gasteiger partial charge in [-0.05, 0) is 19.5 Å².